The smallest absolute Gasteiger partial charge is 0.196 e. The van der Waals surface area contributed by atoms with Gasteiger partial charge >= 0.3 is 0 Å². The van der Waals surface area contributed by atoms with E-state index in [4.69, 9.17) is 5.73 Å². The van der Waals surface area contributed by atoms with Gasteiger partial charge in [-0.1, -0.05) is 30.3 Å². The van der Waals surface area contributed by atoms with Crippen molar-refractivity contribution in [3.05, 3.63) is 64.2 Å². The summed E-state index contributed by atoms with van der Waals surface area (Å²) in [6.07, 6.45) is 2.96. The molecular weight excluding hydrogens is 250 g/mol. The molecule has 0 amide bonds. The number of benzene rings is 2. The summed E-state index contributed by atoms with van der Waals surface area (Å²) in [6.45, 7) is 0.268. The largest absolute Gasteiger partial charge is 0.507 e. The molecule has 0 unspecified atom stereocenters. The zero-order valence-corrected chi connectivity index (χ0v) is 11.2. The van der Waals surface area contributed by atoms with Gasteiger partial charge in [0, 0.05) is 17.7 Å². The highest BCUT2D eigenvalue weighted by Crippen LogP contribution is 2.35. The Labute approximate surface area is 118 Å². The lowest BCUT2D eigenvalue weighted by Gasteiger charge is -2.13. The maximum atomic E-state index is 12.5. The Balaban J connectivity index is 2.13. The van der Waals surface area contributed by atoms with E-state index in [0.717, 1.165) is 36.0 Å². The van der Waals surface area contributed by atoms with Gasteiger partial charge in [-0.15, -0.1) is 0 Å². The van der Waals surface area contributed by atoms with Crippen LogP contribution in [0.5, 0.6) is 5.75 Å². The Hall–Kier alpha value is -2.13. The van der Waals surface area contributed by atoms with Crippen LogP contribution in [0.2, 0.25) is 0 Å². The molecule has 2 aromatic rings. The first kappa shape index (κ1) is 12.9. The highest BCUT2D eigenvalue weighted by Gasteiger charge is 2.23. The number of phenols is 1. The minimum atomic E-state index is -0.146. The Morgan fingerprint density at radius 1 is 1.20 bits per heavy atom. The summed E-state index contributed by atoms with van der Waals surface area (Å²) in [5.41, 5.74) is 9.74. The molecule has 0 fully saturated rings. The van der Waals surface area contributed by atoms with E-state index in [2.05, 4.69) is 0 Å². The van der Waals surface area contributed by atoms with Gasteiger partial charge in [0.1, 0.15) is 5.75 Å². The summed E-state index contributed by atoms with van der Waals surface area (Å²) < 4.78 is 0. The number of hydrogen-bond donors (Lipinski definition) is 2. The molecule has 0 saturated heterocycles. The molecule has 3 rings (SSSR count). The monoisotopic (exact) mass is 267 g/mol. The standard InChI is InChI=1S/C17H17NO2/c18-10-15-13-8-4-7-12(13)9-14(17(15)20)16(19)11-5-2-1-3-6-11/h1-3,5-6,9,20H,4,7-8,10,18H2. The molecule has 20 heavy (non-hydrogen) atoms. The molecule has 0 bridgehead atoms. The van der Waals surface area contributed by atoms with E-state index < -0.39 is 0 Å². The van der Waals surface area contributed by atoms with Gasteiger partial charge < -0.3 is 10.8 Å². The van der Waals surface area contributed by atoms with E-state index in [1.165, 1.54) is 0 Å². The van der Waals surface area contributed by atoms with Crippen LogP contribution in [0.4, 0.5) is 0 Å². The second-order valence-electron chi connectivity index (χ2n) is 5.14. The second-order valence-corrected chi connectivity index (χ2v) is 5.14. The lowest BCUT2D eigenvalue weighted by molar-refractivity contribution is 0.103. The maximum Gasteiger partial charge on any atom is 0.196 e. The van der Waals surface area contributed by atoms with Crippen LogP contribution in [-0.4, -0.2) is 10.9 Å². The van der Waals surface area contributed by atoms with Crippen molar-refractivity contribution in [2.45, 2.75) is 25.8 Å². The molecule has 102 valence electrons. The molecule has 0 atom stereocenters. The zero-order valence-electron chi connectivity index (χ0n) is 11.2. The van der Waals surface area contributed by atoms with Crippen LogP contribution in [0.1, 0.15) is 39.0 Å². The number of aromatic hydroxyl groups is 1. The van der Waals surface area contributed by atoms with Crippen LogP contribution in [0.15, 0.2) is 36.4 Å². The number of rotatable bonds is 3. The summed E-state index contributed by atoms with van der Waals surface area (Å²) in [5.74, 6) is -0.0884. The van der Waals surface area contributed by atoms with Crippen molar-refractivity contribution in [3.63, 3.8) is 0 Å². The number of hydrogen-bond acceptors (Lipinski definition) is 3. The molecule has 0 aliphatic heterocycles. The minimum Gasteiger partial charge on any atom is -0.507 e. The maximum absolute atomic E-state index is 12.5. The molecule has 1 aliphatic rings. The first-order valence-electron chi connectivity index (χ1n) is 6.88. The van der Waals surface area contributed by atoms with Crippen molar-refractivity contribution < 1.29 is 9.90 Å². The predicted molar refractivity (Wildman–Crippen MR) is 77.9 cm³/mol. The van der Waals surface area contributed by atoms with E-state index in [9.17, 15) is 9.90 Å². The number of ketones is 1. The molecule has 0 heterocycles. The number of fused-ring (bicyclic) bond motifs is 1. The van der Waals surface area contributed by atoms with Gasteiger partial charge in [-0.2, -0.15) is 0 Å². The highest BCUT2D eigenvalue weighted by atomic mass is 16.3. The molecule has 0 saturated carbocycles. The van der Waals surface area contributed by atoms with Gasteiger partial charge in [0.2, 0.25) is 0 Å². The first-order valence-corrected chi connectivity index (χ1v) is 6.88. The fourth-order valence-corrected chi connectivity index (χ4v) is 2.96. The highest BCUT2D eigenvalue weighted by molar-refractivity contribution is 6.11. The summed E-state index contributed by atoms with van der Waals surface area (Å²) in [5, 5.41) is 10.4. The van der Waals surface area contributed by atoms with E-state index >= 15 is 0 Å². The SMILES string of the molecule is NCc1c(O)c(C(=O)c2ccccc2)cc2c1CCC2. The summed E-state index contributed by atoms with van der Waals surface area (Å²) >= 11 is 0. The van der Waals surface area contributed by atoms with Crippen LogP contribution < -0.4 is 5.73 Å². The molecule has 2 aromatic carbocycles. The quantitative estimate of drug-likeness (QED) is 0.840. The van der Waals surface area contributed by atoms with Crippen LogP contribution in [0.25, 0.3) is 0 Å². The third-order valence-electron chi connectivity index (χ3n) is 3.97. The van der Waals surface area contributed by atoms with E-state index in [1.54, 1.807) is 12.1 Å². The zero-order chi connectivity index (χ0) is 14.1. The van der Waals surface area contributed by atoms with Gasteiger partial charge in [-0.3, -0.25) is 4.79 Å². The summed E-state index contributed by atoms with van der Waals surface area (Å²) in [6, 6.07) is 10.9. The lowest BCUT2D eigenvalue weighted by atomic mass is 9.93. The first-order chi connectivity index (χ1) is 9.72. The van der Waals surface area contributed by atoms with Crippen LogP contribution in [-0.2, 0) is 19.4 Å². The van der Waals surface area contributed by atoms with Gasteiger partial charge in [0.25, 0.3) is 0 Å². The number of carbonyl (C=O) groups excluding carboxylic acids is 1. The molecule has 0 spiro atoms. The van der Waals surface area contributed by atoms with Gasteiger partial charge in [0.05, 0.1) is 5.56 Å². The van der Waals surface area contributed by atoms with Gasteiger partial charge in [-0.05, 0) is 36.5 Å². The molecular formula is C17H17NO2. The third-order valence-corrected chi connectivity index (χ3v) is 3.97. The van der Waals surface area contributed by atoms with E-state index in [1.807, 2.05) is 24.3 Å². The van der Waals surface area contributed by atoms with Crippen molar-refractivity contribution in [2.24, 2.45) is 5.73 Å². The van der Waals surface area contributed by atoms with Crippen LogP contribution in [0, 0.1) is 0 Å². The normalized spacial score (nSPS) is 13.2. The fraction of sp³-hybridized carbons (Fsp3) is 0.235. The van der Waals surface area contributed by atoms with Crippen LogP contribution in [0.3, 0.4) is 0 Å². The molecule has 3 N–H and O–H groups in total. The molecule has 3 heteroatoms. The van der Waals surface area contributed by atoms with Crippen molar-refractivity contribution in [1.82, 2.24) is 0 Å². The lowest BCUT2D eigenvalue weighted by Crippen LogP contribution is -2.08. The van der Waals surface area contributed by atoms with E-state index in [-0.39, 0.29) is 18.1 Å². The van der Waals surface area contributed by atoms with Gasteiger partial charge in [-0.25, -0.2) is 0 Å². The average Bonchev–Trinajstić information content (AvgIpc) is 2.95. The second kappa shape index (κ2) is 5.10. The number of nitrogens with two attached hydrogens (primary N) is 1. The third kappa shape index (κ3) is 2.00. The van der Waals surface area contributed by atoms with Gasteiger partial charge in [0.15, 0.2) is 5.78 Å². The van der Waals surface area contributed by atoms with Crippen LogP contribution >= 0.6 is 0 Å². The Kier molecular flexibility index (Phi) is 3.28. The number of carbonyl (C=O) groups is 1. The molecule has 0 aromatic heterocycles. The topological polar surface area (TPSA) is 63.3 Å². The summed E-state index contributed by atoms with van der Waals surface area (Å²) in [7, 11) is 0. The number of phenolic OH excluding ortho intramolecular Hbond substituents is 1. The Morgan fingerprint density at radius 3 is 2.65 bits per heavy atom. The number of aryl methyl sites for hydroxylation is 1. The Morgan fingerprint density at radius 2 is 1.95 bits per heavy atom. The predicted octanol–water partition coefficient (Wildman–Crippen LogP) is 2.57. The van der Waals surface area contributed by atoms with Crippen molar-refractivity contribution >= 4 is 5.78 Å². The molecule has 3 nitrogen and oxygen atoms in total. The fourth-order valence-electron chi connectivity index (χ4n) is 2.96. The van der Waals surface area contributed by atoms with Crippen molar-refractivity contribution in [2.75, 3.05) is 0 Å². The molecule has 0 radical (unpaired) electrons. The summed E-state index contributed by atoms with van der Waals surface area (Å²) in [4.78, 5) is 12.5. The van der Waals surface area contributed by atoms with Crippen molar-refractivity contribution in [1.29, 1.82) is 0 Å². The van der Waals surface area contributed by atoms with Crippen molar-refractivity contribution in [3.8, 4) is 5.75 Å². The van der Waals surface area contributed by atoms with E-state index in [0.29, 0.717) is 11.1 Å². The molecule has 1 aliphatic carbocycles. The Bertz CT molecular complexity index is 662. The minimum absolute atomic E-state index is 0.0574. The average molecular weight is 267 g/mol.